The maximum absolute atomic E-state index is 8.84. The number of nitrogen functional groups attached to an aromatic ring is 1. The Balaban J connectivity index is 1.99. The Hall–Kier alpha value is -3.15. The van der Waals surface area contributed by atoms with Gasteiger partial charge in [-0.3, -0.25) is 0 Å². The van der Waals surface area contributed by atoms with Crippen LogP contribution in [0, 0.1) is 0 Å². The van der Waals surface area contributed by atoms with Crippen LogP contribution in [-0.2, 0) is 6.42 Å². The number of benzene rings is 2. The first kappa shape index (κ1) is 15.7. The van der Waals surface area contributed by atoms with Gasteiger partial charge in [-0.15, -0.1) is 0 Å². The summed E-state index contributed by atoms with van der Waals surface area (Å²) < 4.78 is 5.29. The zero-order valence-corrected chi connectivity index (χ0v) is 13.5. The van der Waals surface area contributed by atoms with Gasteiger partial charge < -0.3 is 15.7 Å². The van der Waals surface area contributed by atoms with Crippen molar-refractivity contribution in [3.63, 3.8) is 0 Å². The number of hydrogen-bond donors (Lipinski definition) is 2. The third kappa shape index (κ3) is 3.12. The molecule has 0 fully saturated rings. The molecule has 6 nitrogen and oxygen atoms in total. The molecule has 1 aromatic heterocycles. The van der Waals surface area contributed by atoms with Crippen molar-refractivity contribution in [2.24, 2.45) is 5.16 Å². The van der Waals surface area contributed by atoms with Crippen LogP contribution in [0.5, 0.6) is 5.75 Å². The van der Waals surface area contributed by atoms with Crippen molar-refractivity contribution in [2.45, 2.75) is 13.3 Å². The van der Waals surface area contributed by atoms with Crippen LogP contribution in [0.4, 0.5) is 5.95 Å². The van der Waals surface area contributed by atoms with Crippen molar-refractivity contribution in [3.8, 4) is 5.75 Å². The SMILES string of the molecule is COc1ccc2nc(N)nc(Cc3ccc(C(C)=NO)cc3)c2c1. The van der Waals surface area contributed by atoms with Crippen LogP contribution < -0.4 is 10.5 Å². The fraction of sp³-hybridized carbons (Fsp3) is 0.167. The largest absolute Gasteiger partial charge is 0.497 e. The average Bonchev–Trinajstić information content (AvgIpc) is 2.61. The molecule has 0 amide bonds. The van der Waals surface area contributed by atoms with E-state index in [-0.39, 0.29) is 5.95 Å². The second kappa shape index (κ2) is 6.54. The minimum absolute atomic E-state index is 0.252. The number of fused-ring (bicyclic) bond motifs is 1. The van der Waals surface area contributed by atoms with Gasteiger partial charge in [0.1, 0.15) is 5.75 Å². The van der Waals surface area contributed by atoms with E-state index < -0.39 is 0 Å². The predicted octanol–water partition coefficient (Wildman–Crippen LogP) is 3.01. The molecule has 0 radical (unpaired) electrons. The Morgan fingerprint density at radius 2 is 1.92 bits per heavy atom. The second-order valence-corrected chi connectivity index (χ2v) is 5.47. The van der Waals surface area contributed by atoms with Gasteiger partial charge in [0.2, 0.25) is 5.95 Å². The van der Waals surface area contributed by atoms with Gasteiger partial charge >= 0.3 is 0 Å². The summed E-state index contributed by atoms with van der Waals surface area (Å²) in [7, 11) is 1.63. The Morgan fingerprint density at radius 1 is 1.17 bits per heavy atom. The summed E-state index contributed by atoms with van der Waals surface area (Å²) in [6.45, 7) is 1.75. The molecule has 122 valence electrons. The molecule has 0 saturated heterocycles. The lowest BCUT2D eigenvalue weighted by atomic mass is 10.0. The van der Waals surface area contributed by atoms with Crippen molar-refractivity contribution in [3.05, 3.63) is 59.3 Å². The molecule has 0 spiro atoms. The molecule has 0 aliphatic heterocycles. The van der Waals surface area contributed by atoms with E-state index in [0.717, 1.165) is 33.5 Å². The van der Waals surface area contributed by atoms with Crippen LogP contribution in [0.15, 0.2) is 47.6 Å². The third-order valence-electron chi connectivity index (χ3n) is 3.89. The van der Waals surface area contributed by atoms with E-state index in [1.54, 1.807) is 14.0 Å². The summed E-state index contributed by atoms with van der Waals surface area (Å²) in [4.78, 5) is 8.66. The molecule has 3 rings (SSSR count). The number of oxime groups is 1. The van der Waals surface area contributed by atoms with E-state index in [9.17, 15) is 0 Å². The minimum atomic E-state index is 0.252. The van der Waals surface area contributed by atoms with Gasteiger partial charge in [0.25, 0.3) is 0 Å². The average molecular weight is 322 g/mol. The van der Waals surface area contributed by atoms with E-state index in [2.05, 4.69) is 15.1 Å². The van der Waals surface area contributed by atoms with Crippen LogP contribution >= 0.6 is 0 Å². The number of hydrogen-bond acceptors (Lipinski definition) is 6. The number of ether oxygens (including phenoxy) is 1. The van der Waals surface area contributed by atoms with E-state index in [4.69, 9.17) is 15.7 Å². The summed E-state index contributed by atoms with van der Waals surface area (Å²) in [5, 5.41) is 13.0. The molecular weight excluding hydrogens is 304 g/mol. The van der Waals surface area contributed by atoms with E-state index in [0.29, 0.717) is 12.1 Å². The number of anilines is 1. The zero-order chi connectivity index (χ0) is 17.1. The second-order valence-electron chi connectivity index (χ2n) is 5.47. The van der Waals surface area contributed by atoms with Gasteiger partial charge in [0, 0.05) is 11.8 Å². The molecule has 0 saturated carbocycles. The highest BCUT2D eigenvalue weighted by Gasteiger charge is 2.09. The standard InChI is InChI=1S/C18H18N4O2/c1-11(22-23)13-5-3-12(4-6-13)9-17-15-10-14(24-2)7-8-16(15)20-18(19)21-17/h3-8,10,23H,9H2,1-2H3,(H2,19,20,21). The molecule has 2 aromatic carbocycles. The van der Waals surface area contributed by atoms with Gasteiger partial charge in [-0.1, -0.05) is 29.4 Å². The summed E-state index contributed by atoms with van der Waals surface area (Å²) in [6.07, 6.45) is 0.617. The molecular formula is C18H18N4O2. The van der Waals surface area contributed by atoms with Gasteiger partial charge in [-0.2, -0.15) is 0 Å². The molecule has 24 heavy (non-hydrogen) atoms. The minimum Gasteiger partial charge on any atom is -0.497 e. The number of rotatable bonds is 4. The highest BCUT2D eigenvalue weighted by molar-refractivity contribution is 5.98. The molecule has 3 aromatic rings. The zero-order valence-electron chi connectivity index (χ0n) is 13.5. The molecule has 6 heteroatoms. The van der Waals surface area contributed by atoms with E-state index in [1.165, 1.54) is 0 Å². The highest BCUT2D eigenvalue weighted by Crippen LogP contribution is 2.24. The lowest BCUT2D eigenvalue weighted by Gasteiger charge is -2.09. The molecule has 0 aliphatic carbocycles. The van der Waals surface area contributed by atoms with Gasteiger partial charge in [0.05, 0.1) is 24.0 Å². The molecule has 0 aliphatic rings. The van der Waals surface area contributed by atoms with Crippen LogP contribution in [0.25, 0.3) is 10.9 Å². The fourth-order valence-electron chi connectivity index (χ4n) is 2.57. The van der Waals surface area contributed by atoms with Gasteiger partial charge in [0.15, 0.2) is 0 Å². The van der Waals surface area contributed by atoms with Crippen molar-refractivity contribution in [1.82, 2.24) is 9.97 Å². The fourth-order valence-corrected chi connectivity index (χ4v) is 2.57. The quantitative estimate of drug-likeness (QED) is 0.437. The van der Waals surface area contributed by atoms with Crippen molar-refractivity contribution in [2.75, 3.05) is 12.8 Å². The van der Waals surface area contributed by atoms with E-state index in [1.807, 2.05) is 42.5 Å². The predicted molar refractivity (Wildman–Crippen MR) is 93.7 cm³/mol. The molecule has 0 bridgehead atoms. The van der Waals surface area contributed by atoms with E-state index >= 15 is 0 Å². The van der Waals surface area contributed by atoms with Crippen molar-refractivity contribution < 1.29 is 9.94 Å². The number of aromatic nitrogens is 2. The Labute approximate surface area is 139 Å². The third-order valence-corrected chi connectivity index (χ3v) is 3.89. The lowest BCUT2D eigenvalue weighted by Crippen LogP contribution is -2.02. The number of nitrogens with zero attached hydrogens (tertiary/aromatic N) is 3. The number of nitrogens with two attached hydrogens (primary N) is 1. The van der Waals surface area contributed by atoms with Crippen LogP contribution in [0.3, 0.4) is 0 Å². The smallest absolute Gasteiger partial charge is 0.220 e. The summed E-state index contributed by atoms with van der Waals surface area (Å²) >= 11 is 0. The summed E-state index contributed by atoms with van der Waals surface area (Å²) in [5.74, 6) is 1.00. The summed E-state index contributed by atoms with van der Waals surface area (Å²) in [6, 6.07) is 13.4. The Bertz CT molecular complexity index is 905. The van der Waals surface area contributed by atoms with Crippen LogP contribution in [0.2, 0.25) is 0 Å². The first-order valence-corrected chi connectivity index (χ1v) is 7.49. The van der Waals surface area contributed by atoms with Gasteiger partial charge in [-0.25, -0.2) is 9.97 Å². The molecule has 0 atom stereocenters. The number of methoxy groups -OCH3 is 1. The topological polar surface area (TPSA) is 93.6 Å². The summed E-state index contributed by atoms with van der Waals surface area (Å²) in [5.41, 5.74) is 9.99. The molecule has 0 unspecified atom stereocenters. The Kier molecular flexibility index (Phi) is 4.29. The van der Waals surface area contributed by atoms with Crippen molar-refractivity contribution in [1.29, 1.82) is 0 Å². The van der Waals surface area contributed by atoms with Crippen LogP contribution in [0.1, 0.15) is 23.7 Å². The lowest BCUT2D eigenvalue weighted by molar-refractivity contribution is 0.319. The normalized spacial score (nSPS) is 11.7. The van der Waals surface area contributed by atoms with Crippen LogP contribution in [-0.4, -0.2) is 28.0 Å². The molecule has 3 N–H and O–H groups in total. The first-order valence-electron chi connectivity index (χ1n) is 7.49. The monoisotopic (exact) mass is 322 g/mol. The Morgan fingerprint density at radius 3 is 2.58 bits per heavy atom. The molecule has 1 heterocycles. The maximum Gasteiger partial charge on any atom is 0.220 e. The van der Waals surface area contributed by atoms with Gasteiger partial charge in [-0.05, 0) is 36.2 Å². The first-order chi connectivity index (χ1) is 11.6. The maximum atomic E-state index is 8.84. The van der Waals surface area contributed by atoms with Crippen molar-refractivity contribution >= 4 is 22.6 Å². The highest BCUT2D eigenvalue weighted by atomic mass is 16.5.